The van der Waals surface area contributed by atoms with E-state index in [2.05, 4.69) is 29.5 Å². The molecule has 0 saturated heterocycles. The van der Waals surface area contributed by atoms with Crippen molar-refractivity contribution >= 4 is 29.9 Å². The lowest BCUT2D eigenvalue weighted by Crippen LogP contribution is -2.65. The minimum atomic E-state index is -1.12. The number of nitrogens with zero attached hydrogens (tertiary/aromatic N) is 1. The number of halogens is 1. The maximum Gasteiger partial charge on any atom is 0.191 e. The Morgan fingerprint density at radius 1 is 1.41 bits per heavy atom. The fourth-order valence-electron chi connectivity index (χ4n) is 4.47. The minimum absolute atomic E-state index is 0. The monoisotopic (exact) mass is 491 g/mol. The van der Waals surface area contributed by atoms with Gasteiger partial charge in [0.1, 0.15) is 11.4 Å². The SMILES string of the molecule is CCNC(=NCC(C)(O)c1ccco1)NC1CC(OCC)C12CCCC2.I. The molecule has 0 bridgehead atoms. The average molecular weight is 491 g/mol. The fraction of sp³-hybridized carbons (Fsp3) is 0.750. The van der Waals surface area contributed by atoms with Crippen molar-refractivity contribution in [2.75, 3.05) is 19.7 Å². The summed E-state index contributed by atoms with van der Waals surface area (Å²) in [6.07, 6.45) is 7.96. The Kier molecular flexibility index (Phi) is 8.00. The molecule has 2 saturated carbocycles. The number of hydrogen-bond acceptors (Lipinski definition) is 4. The highest BCUT2D eigenvalue weighted by Crippen LogP contribution is 2.54. The van der Waals surface area contributed by atoms with Gasteiger partial charge in [0.25, 0.3) is 0 Å². The van der Waals surface area contributed by atoms with Gasteiger partial charge in [0.2, 0.25) is 0 Å². The van der Waals surface area contributed by atoms with E-state index in [0.29, 0.717) is 17.9 Å². The van der Waals surface area contributed by atoms with Gasteiger partial charge < -0.3 is 24.9 Å². The summed E-state index contributed by atoms with van der Waals surface area (Å²) >= 11 is 0. The molecular formula is C20H34IN3O3. The molecule has 0 aromatic carbocycles. The van der Waals surface area contributed by atoms with E-state index in [-0.39, 0.29) is 35.9 Å². The topological polar surface area (TPSA) is 79.0 Å². The van der Waals surface area contributed by atoms with Gasteiger partial charge in [0, 0.05) is 24.6 Å². The second-order valence-corrected chi connectivity index (χ2v) is 7.76. The highest BCUT2D eigenvalue weighted by atomic mass is 127. The molecule has 2 aliphatic rings. The van der Waals surface area contributed by atoms with Crippen LogP contribution in [0, 0.1) is 5.41 Å². The van der Waals surface area contributed by atoms with Gasteiger partial charge in [-0.2, -0.15) is 0 Å². The van der Waals surface area contributed by atoms with E-state index in [1.807, 2.05) is 0 Å². The average Bonchev–Trinajstić information content (AvgIpc) is 3.31. The number of furan rings is 1. The molecule has 3 rings (SSSR count). The molecule has 1 spiro atoms. The van der Waals surface area contributed by atoms with Crippen molar-refractivity contribution in [3.63, 3.8) is 0 Å². The van der Waals surface area contributed by atoms with Crippen molar-refractivity contribution < 1.29 is 14.3 Å². The molecule has 3 N–H and O–H groups in total. The second kappa shape index (κ2) is 9.60. The molecular weight excluding hydrogens is 457 g/mol. The lowest BCUT2D eigenvalue weighted by atomic mass is 9.60. The molecule has 154 valence electrons. The molecule has 3 atom stereocenters. The van der Waals surface area contributed by atoms with Crippen LogP contribution >= 0.6 is 24.0 Å². The molecule has 1 heterocycles. The third-order valence-electron chi connectivity index (χ3n) is 5.94. The van der Waals surface area contributed by atoms with Crippen molar-refractivity contribution in [1.29, 1.82) is 0 Å². The first kappa shape index (κ1) is 22.5. The van der Waals surface area contributed by atoms with Gasteiger partial charge in [-0.3, -0.25) is 0 Å². The van der Waals surface area contributed by atoms with Crippen LogP contribution in [0.4, 0.5) is 0 Å². The summed E-state index contributed by atoms with van der Waals surface area (Å²) in [4.78, 5) is 4.63. The predicted octanol–water partition coefficient (Wildman–Crippen LogP) is 3.40. The quantitative estimate of drug-likeness (QED) is 0.310. The van der Waals surface area contributed by atoms with E-state index in [4.69, 9.17) is 9.15 Å². The highest BCUT2D eigenvalue weighted by Gasteiger charge is 2.57. The Morgan fingerprint density at radius 2 is 2.15 bits per heavy atom. The van der Waals surface area contributed by atoms with Gasteiger partial charge in [0.15, 0.2) is 5.96 Å². The van der Waals surface area contributed by atoms with Crippen molar-refractivity contribution in [3.05, 3.63) is 24.2 Å². The van der Waals surface area contributed by atoms with Crippen LogP contribution in [0.2, 0.25) is 0 Å². The molecule has 27 heavy (non-hydrogen) atoms. The van der Waals surface area contributed by atoms with Gasteiger partial charge in [-0.25, -0.2) is 4.99 Å². The molecule has 0 radical (unpaired) electrons. The van der Waals surface area contributed by atoms with E-state index >= 15 is 0 Å². The van der Waals surface area contributed by atoms with Crippen LogP contribution in [0.25, 0.3) is 0 Å². The molecule has 0 amide bonds. The lowest BCUT2D eigenvalue weighted by molar-refractivity contribution is -0.125. The highest BCUT2D eigenvalue weighted by molar-refractivity contribution is 14.0. The molecule has 6 nitrogen and oxygen atoms in total. The third kappa shape index (κ3) is 4.79. The smallest absolute Gasteiger partial charge is 0.191 e. The summed E-state index contributed by atoms with van der Waals surface area (Å²) in [7, 11) is 0. The van der Waals surface area contributed by atoms with E-state index in [9.17, 15) is 5.11 Å². The molecule has 0 aliphatic heterocycles. The fourth-order valence-corrected chi connectivity index (χ4v) is 4.47. The van der Waals surface area contributed by atoms with Crippen molar-refractivity contribution in [2.45, 2.75) is 70.6 Å². The van der Waals surface area contributed by atoms with Crippen molar-refractivity contribution in [3.8, 4) is 0 Å². The van der Waals surface area contributed by atoms with Gasteiger partial charge in [-0.05, 0) is 52.2 Å². The summed E-state index contributed by atoms with van der Waals surface area (Å²) in [6, 6.07) is 3.94. The molecule has 3 unspecified atom stereocenters. The zero-order chi connectivity index (χ0) is 18.6. The second-order valence-electron chi connectivity index (χ2n) is 7.76. The van der Waals surface area contributed by atoms with Crippen LogP contribution in [0.5, 0.6) is 0 Å². The summed E-state index contributed by atoms with van der Waals surface area (Å²) in [6.45, 7) is 7.65. The molecule has 1 aromatic heterocycles. The summed E-state index contributed by atoms with van der Waals surface area (Å²) < 4.78 is 11.3. The van der Waals surface area contributed by atoms with Crippen LogP contribution in [0.3, 0.4) is 0 Å². The lowest BCUT2D eigenvalue weighted by Gasteiger charge is -2.54. The van der Waals surface area contributed by atoms with Gasteiger partial charge >= 0.3 is 0 Å². The molecule has 1 aromatic rings. The van der Waals surface area contributed by atoms with Crippen molar-refractivity contribution in [1.82, 2.24) is 10.6 Å². The first-order chi connectivity index (χ1) is 12.5. The van der Waals surface area contributed by atoms with Crippen LogP contribution in [-0.2, 0) is 10.3 Å². The first-order valence-electron chi connectivity index (χ1n) is 9.94. The molecule has 2 fully saturated rings. The minimum Gasteiger partial charge on any atom is -0.466 e. The molecule has 7 heteroatoms. The number of aliphatic hydroxyl groups is 1. The standard InChI is InChI=1S/C20H33N3O3.HI/c1-4-21-18(22-14-19(3,24)16-9-8-12-26-16)23-15-13-17(25-5-2)20(15)10-6-7-11-20;/h8-9,12,15,17,24H,4-7,10-11,13-14H2,1-3H3,(H2,21,22,23);1H. The Balaban J connectivity index is 0.00000261. The van der Waals surface area contributed by atoms with Gasteiger partial charge in [0.05, 0.1) is 18.9 Å². The van der Waals surface area contributed by atoms with E-state index < -0.39 is 5.60 Å². The summed E-state index contributed by atoms with van der Waals surface area (Å²) in [5.74, 6) is 1.29. The summed E-state index contributed by atoms with van der Waals surface area (Å²) in [5, 5.41) is 17.6. The van der Waals surface area contributed by atoms with Gasteiger partial charge in [-0.15, -0.1) is 24.0 Å². The molecule has 2 aliphatic carbocycles. The van der Waals surface area contributed by atoms with Crippen LogP contribution in [-0.4, -0.2) is 42.9 Å². The number of hydrogen-bond donors (Lipinski definition) is 3. The Labute approximate surface area is 179 Å². The maximum absolute atomic E-state index is 10.6. The number of aliphatic imine (C=N–C) groups is 1. The Hall–Kier alpha value is -0.800. The number of rotatable bonds is 7. The van der Waals surface area contributed by atoms with Crippen LogP contribution < -0.4 is 10.6 Å². The zero-order valence-corrected chi connectivity index (χ0v) is 19.0. The maximum atomic E-state index is 10.6. The largest absolute Gasteiger partial charge is 0.466 e. The number of guanidine groups is 1. The van der Waals surface area contributed by atoms with Crippen LogP contribution in [0.1, 0.15) is 58.6 Å². The van der Waals surface area contributed by atoms with E-state index in [1.54, 1.807) is 25.3 Å². The summed E-state index contributed by atoms with van der Waals surface area (Å²) in [5.41, 5.74) is -0.875. The third-order valence-corrected chi connectivity index (χ3v) is 5.94. The Morgan fingerprint density at radius 3 is 2.74 bits per heavy atom. The van der Waals surface area contributed by atoms with E-state index in [1.165, 1.54) is 25.7 Å². The zero-order valence-electron chi connectivity index (χ0n) is 16.7. The normalized spacial score (nSPS) is 26.1. The predicted molar refractivity (Wildman–Crippen MR) is 118 cm³/mol. The number of nitrogens with one attached hydrogen (secondary N) is 2. The Bertz CT molecular complexity index is 598. The van der Waals surface area contributed by atoms with Crippen LogP contribution in [0.15, 0.2) is 27.8 Å². The number of ether oxygens (including phenoxy) is 1. The van der Waals surface area contributed by atoms with Crippen molar-refractivity contribution in [2.24, 2.45) is 10.4 Å². The first-order valence-corrected chi connectivity index (χ1v) is 9.94. The van der Waals surface area contributed by atoms with Gasteiger partial charge in [-0.1, -0.05) is 12.8 Å². The van der Waals surface area contributed by atoms with E-state index in [0.717, 1.165) is 25.5 Å².